The van der Waals surface area contributed by atoms with E-state index in [9.17, 15) is 5.26 Å². The van der Waals surface area contributed by atoms with E-state index in [-0.39, 0.29) is 0 Å². The van der Waals surface area contributed by atoms with Crippen LogP contribution in [0.25, 0.3) is 0 Å². The second-order valence-electron chi connectivity index (χ2n) is 6.73. The number of nitrogens with one attached hydrogen (secondary N) is 1. The molecule has 2 nitrogen and oxygen atoms in total. The molecule has 0 unspecified atom stereocenters. The molecule has 2 aliphatic rings. The van der Waals surface area contributed by atoms with Crippen molar-refractivity contribution in [3.63, 3.8) is 0 Å². The standard InChI is InChI=1S/C18H24N2/c1-14-5-4-6-17(16(14)13-19)20-15-7-11-18(12-8-15)9-2-3-10-18/h4-6,15,20H,2-3,7-12H2,1H3. The number of benzene rings is 1. The van der Waals surface area contributed by atoms with E-state index < -0.39 is 0 Å². The predicted molar refractivity (Wildman–Crippen MR) is 82.7 cm³/mol. The monoisotopic (exact) mass is 268 g/mol. The lowest BCUT2D eigenvalue weighted by atomic mass is 9.71. The van der Waals surface area contributed by atoms with Gasteiger partial charge in [-0.25, -0.2) is 0 Å². The van der Waals surface area contributed by atoms with Crippen LogP contribution >= 0.6 is 0 Å². The summed E-state index contributed by atoms with van der Waals surface area (Å²) in [5, 5.41) is 12.9. The highest BCUT2D eigenvalue weighted by Crippen LogP contribution is 2.49. The molecule has 0 amide bonds. The van der Waals surface area contributed by atoms with Crippen LogP contribution in [-0.4, -0.2) is 6.04 Å². The lowest BCUT2D eigenvalue weighted by Crippen LogP contribution is -2.31. The van der Waals surface area contributed by atoms with Gasteiger partial charge in [0.2, 0.25) is 0 Å². The van der Waals surface area contributed by atoms with Crippen LogP contribution in [0.1, 0.15) is 62.5 Å². The third kappa shape index (κ3) is 2.54. The molecule has 1 aromatic rings. The molecule has 0 radical (unpaired) electrons. The van der Waals surface area contributed by atoms with Gasteiger partial charge in [-0.3, -0.25) is 0 Å². The van der Waals surface area contributed by atoms with E-state index in [1.807, 2.05) is 25.1 Å². The van der Waals surface area contributed by atoms with E-state index in [2.05, 4.69) is 11.4 Å². The molecule has 0 aromatic heterocycles. The summed E-state index contributed by atoms with van der Waals surface area (Å²) in [6.07, 6.45) is 11.1. The molecule has 2 aliphatic carbocycles. The molecule has 2 heteroatoms. The first-order chi connectivity index (χ1) is 9.72. The maximum Gasteiger partial charge on any atom is 0.102 e. The summed E-state index contributed by atoms with van der Waals surface area (Å²) in [6.45, 7) is 2.01. The molecular formula is C18H24N2. The van der Waals surface area contributed by atoms with Gasteiger partial charge in [0.25, 0.3) is 0 Å². The van der Waals surface area contributed by atoms with Crippen LogP contribution in [0.3, 0.4) is 0 Å². The van der Waals surface area contributed by atoms with E-state index >= 15 is 0 Å². The van der Waals surface area contributed by atoms with Crippen LogP contribution in [0, 0.1) is 23.7 Å². The molecule has 106 valence electrons. The Balaban J connectivity index is 1.65. The van der Waals surface area contributed by atoms with Gasteiger partial charge in [0.15, 0.2) is 0 Å². The smallest absolute Gasteiger partial charge is 0.102 e. The van der Waals surface area contributed by atoms with Gasteiger partial charge >= 0.3 is 0 Å². The van der Waals surface area contributed by atoms with E-state index in [1.54, 1.807) is 0 Å². The summed E-state index contributed by atoms with van der Waals surface area (Å²) >= 11 is 0. The zero-order valence-electron chi connectivity index (χ0n) is 12.4. The molecule has 3 rings (SSSR count). The van der Waals surface area contributed by atoms with Crippen molar-refractivity contribution in [2.24, 2.45) is 5.41 Å². The van der Waals surface area contributed by atoms with E-state index in [0.29, 0.717) is 11.5 Å². The number of nitrogens with zero attached hydrogens (tertiary/aromatic N) is 1. The van der Waals surface area contributed by atoms with Gasteiger partial charge in [-0.15, -0.1) is 0 Å². The van der Waals surface area contributed by atoms with E-state index in [1.165, 1.54) is 51.4 Å². The third-order valence-corrected chi connectivity index (χ3v) is 5.45. The highest BCUT2D eigenvalue weighted by molar-refractivity contribution is 5.61. The van der Waals surface area contributed by atoms with Gasteiger partial charge in [0, 0.05) is 6.04 Å². The molecule has 1 N–H and O–H groups in total. The number of aryl methyl sites for hydroxylation is 1. The Morgan fingerprint density at radius 1 is 1.15 bits per heavy atom. The van der Waals surface area contributed by atoms with Gasteiger partial charge in [-0.2, -0.15) is 5.26 Å². The Kier molecular flexibility index (Phi) is 3.70. The average molecular weight is 268 g/mol. The first-order valence-corrected chi connectivity index (χ1v) is 7.99. The van der Waals surface area contributed by atoms with Crippen LogP contribution in [0.4, 0.5) is 5.69 Å². The first-order valence-electron chi connectivity index (χ1n) is 7.99. The molecule has 1 aromatic carbocycles. The van der Waals surface area contributed by atoms with Crippen LogP contribution in [0.5, 0.6) is 0 Å². The number of hydrogen-bond acceptors (Lipinski definition) is 2. The molecule has 0 aliphatic heterocycles. The van der Waals surface area contributed by atoms with Crippen molar-refractivity contribution < 1.29 is 0 Å². The largest absolute Gasteiger partial charge is 0.381 e. The van der Waals surface area contributed by atoms with Crippen LogP contribution in [0.15, 0.2) is 18.2 Å². The van der Waals surface area contributed by atoms with Crippen molar-refractivity contribution in [2.75, 3.05) is 5.32 Å². The zero-order chi connectivity index (χ0) is 14.0. The number of hydrogen-bond donors (Lipinski definition) is 1. The summed E-state index contributed by atoms with van der Waals surface area (Å²) in [7, 11) is 0. The van der Waals surface area contributed by atoms with Gasteiger partial charge in [0.05, 0.1) is 11.3 Å². The van der Waals surface area contributed by atoms with Crippen molar-refractivity contribution in [3.05, 3.63) is 29.3 Å². The van der Waals surface area contributed by atoms with Crippen molar-refractivity contribution >= 4 is 5.69 Å². The fourth-order valence-corrected chi connectivity index (χ4v) is 4.16. The van der Waals surface area contributed by atoms with Crippen LogP contribution in [-0.2, 0) is 0 Å². The minimum Gasteiger partial charge on any atom is -0.381 e. The topological polar surface area (TPSA) is 35.8 Å². The van der Waals surface area contributed by atoms with E-state index in [0.717, 1.165) is 16.8 Å². The second-order valence-corrected chi connectivity index (χ2v) is 6.73. The Morgan fingerprint density at radius 3 is 2.50 bits per heavy atom. The lowest BCUT2D eigenvalue weighted by molar-refractivity contribution is 0.188. The maximum absolute atomic E-state index is 9.31. The molecule has 20 heavy (non-hydrogen) atoms. The zero-order valence-corrected chi connectivity index (χ0v) is 12.4. The van der Waals surface area contributed by atoms with Gasteiger partial charge in [0.1, 0.15) is 6.07 Å². The number of rotatable bonds is 2. The Hall–Kier alpha value is -1.49. The first kappa shape index (κ1) is 13.5. The molecular weight excluding hydrogens is 244 g/mol. The van der Waals surface area contributed by atoms with Crippen LogP contribution < -0.4 is 5.32 Å². The van der Waals surface area contributed by atoms with Crippen molar-refractivity contribution in [1.82, 2.24) is 0 Å². The number of nitriles is 1. The molecule has 2 saturated carbocycles. The predicted octanol–water partition coefficient (Wildman–Crippen LogP) is 4.78. The molecule has 0 saturated heterocycles. The van der Waals surface area contributed by atoms with Gasteiger partial charge < -0.3 is 5.32 Å². The highest BCUT2D eigenvalue weighted by atomic mass is 14.9. The van der Waals surface area contributed by atoms with Crippen molar-refractivity contribution in [3.8, 4) is 6.07 Å². The molecule has 1 spiro atoms. The van der Waals surface area contributed by atoms with Crippen LogP contribution in [0.2, 0.25) is 0 Å². The fourth-order valence-electron chi connectivity index (χ4n) is 4.16. The second kappa shape index (κ2) is 5.48. The maximum atomic E-state index is 9.31. The SMILES string of the molecule is Cc1cccc(NC2CCC3(CCCC3)CC2)c1C#N. The fraction of sp³-hybridized carbons (Fsp3) is 0.611. The number of anilines is 1. The quantitative estimate of drug-likeness (QED) is 0.837. The normalized spacial score (nSPS) is 21.8. The summed E-state index contributed by atoms with van der Waals surface area (Å²) < 4.78 is 0. The summed E-state index contributed by atoms with van der Waals surface area (Å²) in [6, 6.07) is 8.99. The lowest BCUT2D eigenvalue weighted by Gasteiger charge is -2.38. The van der Waals surface area contributed by atoms with Crippen molar-refractivity contribution in [1.29, 1.82) is 5.26 Å². The van der Waals surface area contributed by atoms with Gasteiger partial charge in [-0.05, 0) is 62.5 Å². The molecule has 2 fully saturated rings. The summed E-state index contributed by atoms with van der Waals surface area (Å²) in [5.74, 6) is 0. The molecule has 0 heterocycles. The Labute approximate surface area is 122 Å². The summed E-state index contributed by atoms with van der Waals surface area (Å²) in [5.41, 5.74) is 3.59. The Morgan fingerprint density at radius 2 is 1.85 bits per heavy atom. The van der Waals surface area contributed by atoms with Crippen molar-refractivity contribution in [2.45, 2.75) is 64.3 Å². The third-order valence-electron chi connectivity index (χ3n) is 5.45. The minimum absolute atomic E-state index is 0.551. The molecule has 0 bridgehead atoms. The summed E-state index contributed by atoms with van der Waals surface area (Å²) in [4.78, 5) is 0. The Bertz CT molecular complexity index is 511. The highest BCUT2D eigenvalue weighted by Gasteiger charge is 2.37. The van der Waals surface area contributed by atoms with Gasteiger partial charge in [-0.1, -0.05) is 25.0 Å². The average Bonchev–Trinajstić information content (AvgIpc) is 2.90. The van der Waals surface area contributed by atoms with E-state index in [4.69, 9.17) is 0 Å². The minimum atomic E-state index is 0.551. The molecule has 0 atom stereocenters.